The van der Waals surface area contributed by atoms with Gasteiger partial charge in [0.25, 0.3) is 0 Å². The summed E-state index contributed by atoms with van der Waals surface area (Å²) in [6.45, 7) is 10.0. The third-order valence-corrected chi connectivity index (χ3v) is 10.3. The van der Waals surface area contributed by atoms with E-state index in [0.717, 1.165) is 37.7 Å². The van der Waals surface area contributed by atoms with Crippen LogP contribution in [0.25, 0.3) is 0 Å². The van der Waals surface area contributed by atoms with E-state index in [9.17, 15) is 18.4 Å². The standard InChI is InChI=1S/C34H54F2N4O2/c1-5-28-23-40(24-29(6-2)37-28)32(42)38-30(22-25-12-14-27(35)15-13-25)31(41)39-20-18-34(19-21-39,17-16-33(3,4)36)26-10-8-7-9-11-26/h12-15,26,28-30,37H,5-11,16-24H2,1-4H3,(H,38,42)/t28?,29?,30-/m1/s1. The van der Waals surface area contributed by atoms with Gasteiger partial charge in [0.1, 0.15) is 17.5 Å². The van der Waals surface area contributed by atoms with Crippen LogP contribution in [0.15, 0.2) is 24.3 Å². The third kappa shape index (κ3) is 8.67. The molecule has 236 valence electrons. The summed E-state index contributed by atoms with van der Waals surface area (Å²) in [4.78, 5) is 31.4. The molecule has 1 aromatic rings. The van der Waals surface area contributed by atoms with E-state index >= 15 is 0 Å². The van der Waals surface area contributed by atoms with Gasteiger partial charge < -0.3 is 20.4 Å². The van der Waals surface area contributed by atoms with Gasteiger partial charge in [0.2, 0.25) is 5.91 Å². The molecule has 0 spiro atoms. The van der Waals surface area contributed by atoms with Crippen molar-refractivity contribution < 1.29 is 18.4 Å². The number of carbonyl (C=O) groups excluding carboxylic acids is 2. The minimum atomic E-state index is -1.20. The number of urea groups is 1. The second-order valence-electron chi connectivity index (χ2n) is 13.9. The highest BCUT2D eigenvalue weighted by molar-refractivity contribution is 5.87. The fourth-order valence-electron chi connectivity index (χ4n) is 7.52. The van der Waals surface area contributed by atoms with E-state index in [1.807, 2.05) is 9.80 Å². The summed E-state index contributed by atoms with van der Waals surface area (Å²) < 4.78 is 28.3. The number of likely N-dealkylation sites (tertiary alicyclic amines) is 1. The molecular weight excluding hydrogens is 534 g/mol. The van der Waals surface area contributed by atoms with Gasteiger partial charge in [-0.2, -0.15) is 0 Å². The van der Waals surface area contributed by atoms with E-state index in [0.29, 0.717) is 44.9 Å². The minimum absolute atomic E-state index is 0.0708. The number of hydrogen-bond donors (Lipinski definition) is 2. The molecule has 3 atom stereocenters. The van der Waals surface area contributed by atoms with Crippen LogP contribution in [0.4, 0.5) is 13.6 Å². The number of amides is 3. The summed E-state index contributed by atoms with van der Waals surface area (Å²) in [5, 5.41) is 6.70. The average Bonchev–Trinajstić information content (AvgIpc) is 3.00. The molecule has 3 amide bonds. The number of carbonyl (C=O) groups is 2. The zero-order chi connectivity index (χ0) is 30.3. The Kier molecular flexibility index (Phi) is 11.3. The van der Waals surface area contributed by atoms with Gasteiger partial charge in [-0.1, -0.05) is 45.2 Å². The molecule has 0 bridgehead atoms. The van der Waals surface area contributed by atoms with Crippen molar-refractivity contribution in [3.8, 4) is 0 Å². The zero-order valence-electron chi connectivity index (χ0n) is 26.4. The molecule has 1 saturated carbocycles. The lowest BCUT2D eigenvalue weighted by Gasteiger charge is -2.49. The number of nitrogens with zero attached hydrogens (tertiary/aromatic N) is 2. The molecule has 2 unspecified atom stereocenters. The van der Waals surface area contributed by atoms with Gasteiger partial charge in [-0.05, 0) is 94.2 Å². The Morgan fingerprint density at radius 2 is 1.60 bits per heavy atom. The maximum absolute atomic E-state index is 14.7. The number of rotatable bonds is 10. The Morgan fingerprint density at radius 1 is 1.00 bits per heavy atom. The molecule has 2 aliphatic heterocycles. The number of piperidine rings is 1. The molecule has 1 aliphatic carbocycles. The van der Waals surface area contributed by atoms with Gasteiger partial charge in [0.15, 0.2) is 0 Å². The lowest BCUT2D eigenvalue weighted by atomic mass is 9.61. The fourth-order valence-corrected chi connectivity index (χ4v) is 7.52. The second-order valence-corrected chi connectivity index (χ2v) is 13.9. The lowest BCUT2D eigenvalue weighted by Crippen LogP contribution is -2.62. The maximum Gasteiger partial charge on any atom is 0.318 e. The first-order valence-corrected chi connectivity index (χ1v) is 16.6. The molecule has 3 aliphatic rings. The molecule has 42 heavy (non-hydrogen) atoms. The van der Waals surface area contributed by atoms with Crippen LogP contribution in [-0.4, -0.2) is 71.7 Å². The van der Waals surface area contributed by atoms with Crippen molar-refractivity contribution in [1.29, 1.82) is 0 Å². The highest BCUT2D eigenvalue weighted by Crippen LogP contribution is 2.50. The first-order chi connectivity index (χ1) is 20.0. The van der Waals surface area contributed by atoms with Crippen molar-refractivity contribution in [3.63, 3.8) is 0 Å². The minimum Gasteiger partial charge on any atom is -0.341 e. The molecule has 0 radical (unpaired) electrons. The summed E-state index contributed by atoms with van der Waals surface area (Å²) >= 11 is 0. The van der Waals surface area contributed by atoms with E-state index in [1.54, 1.807) is 26.0 Å². The summed E-state index contributed by atoms with van der Waals surface area (Å²) in [5.74, 6) is 0.186. The van der Waals surface area contributed by atoms with Crippen molar-refractivity contribution in [2.75, 3.05) is 26.2 Å². The zero-order valence-corrected chi connectivity index (χ0v) is 26.4. The van der Waals surface area contributed by atoms with E-state index in [2.05, 4.69) is 24.5 Å². The fraction of sp³-hybridized carbons (Fsp3) is 0.765. The van der Waals surface area contributed by atoms with Crippen LogP contribution in [0.3, 0.4) is 0 Å². The van der Waals surface area contributed by atoms with Gasteiger partial charge in [-0.25, -0.2) is 13.6 Å². The molecule has 2 heterocycles. The summed E-state index contributed by atoms with van der Waals surface area (Å²) in [6, 6.07) is 5.69. The van der Waals surface area contributed by atoms with Crippen molar-refractivity contribution in [2.45, 2.75) is 129 Å². The Bertz CT molecular complexity index is 1000. The molecule has 4 rings (SSSR count). The van der Waals surface area contributed by atoms with E-state index in [1.165, 1.54) is 44.2 Å². The van der Waals surface area contributed by atoms with Crippen LogP contribution >= 0.6 is 0 Å². The van der Waals surface area contributed by atoms with Crippen LogP contribution in [0, 0.1) is 17.2 Å². The highest BCUT2D eigenvalue weighted by atomic mass is 19.1. The maximum atomic E-state index is 14.7. The number of alkyl halides is 1. The number of nitrogens with one attached hydrogen (secondary N) is 2. The smallest absolute Gasteiger partial charge is 0.318 e. The van der Waals surface area contributed by atoms with E-state index < -0.39 is 11.7 Å². The molecule has 1 aromatic carbocycles. The predicted molar refractivity (Wildman–Crippen MR) is 165 cm³/mol. The SMILES string of the molecule is CCC1CN(C(=O)N[C@H](Cc2ccc(F)cc2)C(=O)N2CCC(CCC(C)(C)F)(C3CCCCC3)CC2)CC(CC)N1. The average molecular weight is 589 g/mol. The van der Waals surface area contributed by atoms with E-state index in [-0.39, 0.29) is 35.3 Å². The molecular formula is C34H54F2N4O2. The van der Waals surface area contributed by atoms with Gasteiger partial charge >= 0.3 is 6.03 Å². The summed E-state index contributed by atoms with van der Waals surface area (Å²) in [5.41, 5.74) is -0.315. The first kappa shape index (κ1) is 32.7. The molecule has 8 heteroatoms. The van der Waals surface area contributed by atoms with Crippen molar-refractivity contribution >= 4 is 11.9 Å². The predicted octanol–water partition coefficient (Wildman–Crippen LogP) is 6.63. The van der Waals surface area contributed by atoms with Crippen LogP contribution in [-0.2, 0) is 11.2 Å². The van der Waals surface area contributed by atoms with Gasteiger partial charge in [-0.15, -0.1) is 0 Å². The number of halogens is 2. The van der Waals surface area contributed by atoms with Crippen LogP contribution < -0.4 is 10.6 Å². The normalized spacial score (nSPS) is 24.3. The van der Waals surface area contributed by atoms with E-state index in [4.69, 9.17) is 0 Å². The lowest BCUT2D eigenvalue weighted by molar-refractivity contribution is -0.136. The summed E-state index contributed by atoms with van der Waals surface area (Å²) in [7, 11) is 0. The largest absolute Gasteiger partial charge is 0.341 e. The summed E-state index contributed by atoms with van der Waals surface area (Å²) in [6.07, 6.45) is 11.5. The highest BCUT2D eigenvalue weighted by Gasteiger charge is 2.44. The van der Waals surface area contributed by atoms with Gasteiger partial charge in [-0.3, -0.25) is 4.79 Å². The third-order valence-electron chi connectivity index (χ3n) is 10.3. The van der Waals surface area contributed by atoms with Crippen molar-refractivity contribution in [1.82, 2.24) is 20.4 Å². The van der Waals surface area contributed by atoms with Crippen LogP contribution in [0.2, 0.25) is 0 Å². The number of hydrogen-bond acceptors (Lipinski definition) is 3. The molecule has 0 aromatic heterocycles. The van der Waals surface area contributed by atoms with Gasteiger partial charge in [0.05, 0.1) is 0 Å². The second kappa shape index (κ2) is 14.5. The topological polar surface area (TPSA) is 64.7 Å². The first-order valence-electron chi connectivity index (χ1n) is 16.6. The molecule has 6 nitrogen and oxygen atoms in total. The van der Waals surface area contributed by atoms with Crippen LogP contribution in [0.1, 0.15) is 104 Å². The Balaban J connectivity index is 1.48. The van der Waals surface area contributed by atoms with Crippen molar-refractivity contribution in [2.24, 2.45) is 11.3 Å². The van der Waals surface area contributed by atoms with Crippen LogP contribution in [0.5, 0.6) is 0 Å². The Labute approximate surface area is 252 Å². The monoisotopic (exact) mass is 588 g/mol. The molecule has 2 N–H and O–H groups in total. The van der Waals surface area contributed by atoms with Crippen molar-refractivity contribution in [3.05, 3.63) is 35.6 Å². The molecule has 2 saturated heterocycles. The number of benzene rings is 1. The number of piperazine rings is 1. The molecule has 3 fully saturated rings. The quantitative estimate of drug-likeness (QED) is 0.323. The Hall–Kier alpha value is -2.22. The Morgan fingerprint density at radius 3 is 2.14 bits per heavy atom. The van der Waals surface area contributed by atoms with Gasteiger partial charge in [0, 0.05) is 44.7 Å².